The van der Waals surface area contributed by atoms with E-state index in [2.05, 4.69) is 33.7 Å². The molecule has 0 amide bonds. The Morgan fingerprint density at radius 3 is 1.56 bits per heavy atom. The third-order valence-corrected chi connectivity index (χ3v) is 9.27. The molecule has 16 heavy (non-hydrogen) atoms. The molecule has 0 aromatic carbocycles. The quantitative estimate of drug-likeness (QED) is 0.308. The zero-order valence-electron chi connectivity index (χ0n) is 12.1. The molecule has 0 atom stereocenters. The van der Waals surface area contributed by atoms with Crippen LogP contribution in [0.2, 0.25) is 18.1 Å². The van der Waals surface area contributed by atoms with Crippen molar-refractivity contribution in [2.45, 2.75) is 90.8 Å². The van der Waals surface area contributed by atoms with Gasteiger partial charge >= 0.3 is 0 Å². The summed E-state index contributed by atoms with van der Waals surface area (Å²) < 4.78 is 0. The van der Waals surface area contributed by atoms with Crippen LogP contribution in [0.1, 0.15) is 72.6 Å². The molecule has 0 aromatic rings. The molecule has 0 bridgehead atoms. The maximum Gasteiger partial charge on any atom is 0.0566 e. The summed E-state index contributed by atoms with van der Waals surface area (Å²) in [7, 11) is -0.971. The third kappa shape index (κ3) is 6.73. The van der Waals surface area contributed by atoms with Gasteiger partial charge in [-0.2, -0.15) is 0 Å². The first-order valence-electron chi connectivity index (χ1n) is 7.59. The normalized spacial score (nSPS) is 12.0. The van der Waals surface area contributed by atoms with Crippen LogP contribution in [0.15, 0.2) is 0 Å². The molecule has 0 rings (SSSR count). The Hall–Kier alpha value is 0.217. The molecular weight excluding hydrogens is 208 g/mol. The summed E-state index contributed by atoms with van der Waals surface area (Å²) in [6, 6.07) is 7.45. The molecule has 0 saturated heterocycles. The van der Waals surface area contributed by atoms with Crippen LogP contribution >= 0.6 is 0 Å². The van der Waals surface area contributed by atoms with Gasteiger partial charge in [0, 0.05) is 0 Å². The van der Waals surface area contributed by atoms with Gasteiger partial charge in [-0.1, -0.05) is 90.8 Å². The topological polar surface area (TPSA) is 0 Å². The Balaban J connectivity index is 4.12. The molecule has 0 aromatic heterocycles. The van der Waals surface area contributed by atoms with Crippen LogP contribution < -0.4 is 0 Å². The Labute approximate surface area is 105 Å². The van der Waals surface area contributed by atoms with E-state index in [1.807, 2.05) is 0 Å². The van der Waals surface area contributed by atoms with Crippen LogP contribution in [0.4, 0.5) is 0 Å². The third-order valence-electron chi connectivity index (χ3n) is 3.63. The van der Waals surface area contributed by atoms with Crippen LogP contribution in [-0.2, 0) is 0 Å². The molecule has 0 fully saturated rings. The second-order valence-corrected chi connectivity index (χ2v) is 9.95. The highest BCUT2D eigenvalue weighted by atomic mass is 28.3. The van der Waals surface area contributed by atoms with Gasteiger partial charge in [-0.3, -0.25) is 0 Å². The lowest BCUT2D eigenvalue weighted by molar-refractivity contribution is 0.716. The number of unbranched alkanes of at least 4 members (excludes halogenated alkanes) is 3. The minimum atomic E-state index is -0.971. The second-order valence-electron chi connectivity index (χ2n) is 5.31. The Bertz CT molecular complexity index is 125. The number of hydrogen-bond acceptors (Lipinski definition) is 0. The fraction of sp³-hybridized carbons (Fsp3) is 0.933. The van der Waals surface area contributed by atoms with Crippen molar-refractivity contribution in [3.63, 3.8) is 0 Å². The highest BCUT2D eigenvalue weighted by molar-refractivity contribution is 6.83. The molecule has 0 aliphatic carbocycles. The van der Waals surface area contributed by atoms with E-state index in [-0.39, 0.29) is 0 Å². The predicted octanol–water partition coefficient (Wildman–Crippen LogP) is 5.99. The monoisotopic (exact) mass is 241 g/mol. The van der Waals surface area contributed by atoms with Crippen LogP contribution in [-0.4, -0.2) is 8.07 Å². The van der Waals surface area contributed by atoms with E-state index in [9.17, 15) is 0 Å². The molecule has 1 radical (unpaired) electrons. The first-order valence-corrected chi connectivity index (χ1v) is 10.3. The van der Waals surface area contributed by atoms with Crippen LogP contribution in [0.5, 0.6) is 0 Å². The van der Waals surface area contributed by atoms with Gasteiger partial charge in [0.05, 0.1) is 8.07 Å². The largest absolute Gasteiger partial charge is 0.0657 e. The zero-order valence-corrected chi connectivity index (χ0v) is 13.1. The predicted molar refractivity (Wildman–Crippen MR) is 79.5 cm³/mol. The molecule has 0 unspecified atom stereocenters. The van der Waals surface area contributed by atoms with E-state index < -0.39 is 8.07 Å². The molecular formula is C15H33Si. The Morgan fingerprint density at radius 2 is 1.19 bits per heavy atom. The standard InChI is InChI=1S/C15H33Si/c1-5-9-10-11-15-16(12-6-2,13-7-3)14-8-4/h15H,5-14H2,1-4H3. The maximum absolute atomic E-state index is 2.82. The highest BCUT2D eigenvalue weighted by Crippen LogP contribution is 2.30. The summed E-state index contributed by atoms with van der Waals surface area (Å²) in [6.45, 7) is 9.40. The molecule has 1 heteroatoms. The number of rotatable bonds is 11. The van der Waals surface area contributed by atoms with Gasteiger partial charge in [-0.25, -0.2) is 0 Å². The lowest BCUT2D eigenvalue weighted by atomic mass is 10.2. The smallest absolute Gasteiger partial charge is 0.0566 e. The van der Waals surface area contributed by atoms with Gasteiger partial charge in [0.2, 0.25) is 0 Å². The SMILES string of the molecule is CCCCC[CH][Si](CCC)(CCC)CCC. The summed E-state index contributed by atoms with van der Waals surface area (Å²) >= 11 is 0. The molecule has 0 aliphatic rings. The van der Waals surface area contributed by atoms with Crippen LogP contribution in [0.3, 0.4) is 0 Å². The van der Waals surface area contributed by atoms with Gasteiger partial charge in [0.1, 0.15) is 0 Å². The summed E-state index contributed by atoms with van der Waals surface area (Å²) in [6.07, 6.45) is 9.81. The Morgan fingerprint density at radius 1 is 0.688 bits per heavy atom. The van der Waals surface area contributed by atoms with Crippen molar-refractivity contribution in [2.75, 3.05) is 0 Å². The second kappa shape index (κ2) is 10.4. The molecule has 0 aliphatic heterocycles. The van der Waals surface area contributed by atoms with Gasteiger partial charge in [0.25, 0.3) is 0 Å². The molecule has 0 heterocycles. The first-order chi connectivity index (χ1) is 7.74. The maximum atomic E-state index is 2.82. The molecule has 0 spiro atoms. The van der Waals surface area contributed by atoms with Gasteiger partial charge < -0.3 is 0 Å². The van der Waals surface area contributed by atoms with E-state index in [1.54, 1.807) is 18.1 Å². The highest BCUT2D eigenvalue weighted by Gasteiger charge is 2.29. The van der Waals surface area contributed by atoms with E-state index in [4.69, 9.17) is 0 Å². The molecule has 0 nitrogen and oxygen atoms in total. The lowest BCUT2D eigenvalue weighted by Gasteiger charge is -2.31. The van der Waals surface area contributed by atoms with Crippen molar-refractivity contribution in [3.05, 3.63) is 6.04 Å². The van der Waals surface area contributed by atoms with Crippen molar-refractivity contribution in [3.8, 4) is 0 Å². The fourth-order valence-corrected chi connectivity index (χ4v) is 8.14. The van der Waals surface area contributed by atoms with E-state index in [1.165, 1.54) is 44.9 Å². The average Bonchev–Trinajstić information content (AvgIpc) is 2.26. The molecule has 0 saturated carbocycles. The van der Waals surface area contributed by atoms with E-state index in [0.29, 0.717) is 0 Å². The van der Waals surface area contributed by atoms with Crippen LogP contribution in [0, 0.1) is 6.04 Å². The van der Waals surface area contributed by atoms with Crippen molar-refractivity contribution in [1.82, 2.24) is 0 Å². The van der Waals surface area contributed by atoms with Crippen molar-refractivity contribution in [1.29, 1.82) is 0 Å². The Kier molecular flexibility index (Phi) is 10.5. The molecule has 0 N–H and O–H groups in total. The lowest BCUT2D eigenvalue weighted by Crippen LogP contribution is -2.34. The minimum Gasteiger partial charge on any atom is -0.0657 e. The minimum absolute atomic E-state index is 0.971. The summed E-state index contributed by atoms with van der Waals surface area (Å²) in [5.74, 6) is 0. The van der Waals surface area contributed by atoms with Crippen LogP contribution in [0.25, 0.3) is 0 Å². The fourth-order valence-electron chi connectivity index (χ4n) is 2.98. The van der Waals surface area contributed by atoms with Gasteiger partial charge in [0.15, 0.2) is 0 Å². The van der Waals surface area contributed by atoms with E-state index >= 15 is 0 Å². The molecule has 97 valence electrons. The van der Waals surface area contributed by atoms with Crippen molar-refractivity contribution in [2.24, 2.45) is 0 Å². The van der Waals surface area contributed by atoms with Gasteiger partial charge in [-0.15, -0.1) is 0 Å². The summed E-state index contributed by atoms with van der Waals surface area (Å²) in [4.78, 5) is 0. The summed E-state index contributed by atoms with van der Waals surface area (Å²) in [5, 5.41) is 0. The average molecular weight is 242 g/mol. The summed E-state index contributed by atoms with van der Waals surface area (Å²) in [5.41, 5.74) is 0. The van der Waals surface area contributed by atoms with Gasteiger partial charge in [-0.05, 0) is 6.04 Å². The van der Waals surface area contributed by atoms with Crippen molar-refractivity contribution < 1.29 is 0 Å². The zero-order chi connectivity index (χ0) is 12.3. The number of hydrogen-bond donors (Lipinski definition) is 0. The van der Waals surface area contributed by atoms with Crippen molar-refractivity contribution >= 4 is 8.07 Å². The first kappa shape index (κ1) is 16.2. The van der Waals surface area contributed by atoms with E-state index in [0.717, 1.165) is 0 Å².